The van der Waals surface area contributed by atoms with Crippen molar-refractivity contribution in [3.8, 4) is 0 Å². The van der Waals surface area contributed by atoms with Crippen LogP contribution >= 0.6 is 23.2 Å². The average molecular weight is 330 g/mol. The lowest BCUT2D eigenvalue weighted by atomic mass is 10.3. The van der Waals surface area contributed by atoms with E-state index in [-0.39, 0.29) is 11.6 Å². The number of aromatic nitrogens is 4. The van der Waals surface area contributed by atoms with Crippen molar-refractivity contribution < 1.29 is 4.79 Å². The van der Waals surface area contributed by atoms with E-state index in [0.717, 1.165) is 6.54 Å². The van der Waals surface area contributed by atoms with Crippen molar-refractivity contribution in [2.24, 2.45) is 0 Å². The quantitative estimate of drug-likeness (QED) is 0.847. The van der Waals surface area contributed by atoms with Crippen LogP contribution in [0.4, 0.5) is 0 Å². The molecule has 0 aromatic carbocycles. The van der Waals surface area contributed by atoms with Gasteiger partial charge in [-0.25, -0.2) is 0 Å². The molecule has 2 heterocycles. The minimum absolute atomic E-state index is 0.243. The molecule has 114 valence electrons. The van der Waals surface area contributed by atoms with Crippen LogP contribution in [0.1, 0.15) is 30.0 Å². The highest BCUT2D eigenvalue weighted by Gasteiger charge is 2.21. The first kappa shape index (κ1) is 15.9. The molecule has 0 unspecified atom stereocenters. The fourth-order valence-electron chi connectivity index (χ4n) is 1.89. The SMILES string of the molecule is CCn1cc(Cl)c(CN(C)C(=O)c2nn(CC)cc2Cl)n1. The largest absolute Gasteiger partial charge is 0.334 e. The zero-order valence-electron chi connectivity index (χ0n) is 12.2. The lowest BCUT2D eigenvalue weighted by Crippen LogP contribution is -2.27. The third-order valence-corrected chi connectivity index (χ3v) is 3.68. The smallest absolute Gasteiger partial charge is 0.276 e. The molecule has 0 aliphatic heterocycles. The first-order valence-corrected chi connectivity index (χ1v) is 7.42. The molecule has 0 fully saturated rings. The van der Waals surface area contributed by atoms with Gasteiger partial charge in [0.1, 0.15) is 5.69 Å². The van der Waals surface area contributed by atoms with Gasteiger partial charge in [-0.2, -0.15) is 10.2 Å². The van der Waals surface area contributed by atoms with E-state index in [1.165, 1.54) is 4.90 Å². The van der Waals surface area contributed by atoms with Crippen LogP contribution in [-0.2, 0) is 19.6 Å². The first-order valence-electron chi connectivity index (χ1n) is 6.66. The van der Waals surface area contributed by atoms with Gasteiger partial charge in [-0.15, -0.1) is 0 Å². The van der Waals surface area contributed by atoms with Crippen LogP contribution in [0.25, 0.3) is 0 Å². The second-order valence-electron chi connectivity index (χ2n) is 4.62. The van der Waals surface area contributed by atoms with Crippen molar-refractivity contribution in [1.82, 2.24) is 24.5 Å². The number of hydrogen-bond acceptors (Lipinski definition) is 3. The van der Waals surface area contributed by atoms with Gasteiger partial charge in [-0.1, -0.05) is 23.2 Å². The van der Waals surface area contributed by atoms with E-state index in [2.05, 4.69) is 10.2 Å². The van der Waals surface area contributed by atoms with Crippen molar-refractivity contribution in [3.63, 3.8) is 0 Å². The summed E-state index contributed by atoms with van der Waals surface area (Å²) in [6, 6.07) is 0. The Labute approximate surface area is 133 Å². The Hall–Kier alpha value is -1.53. The van der Waals surface area contributed by atoms with E-state index in [0.29, 0.717) is 28.8 Å². The number of carbonyl (C=O) groups is 1. The normalized spacial score (nSPS) is 10.9. The van der Waals surface area contributed by atoms with Gasteiger partial charge in [0.15, 0.2) is 5.69 Å². The van der Waals surface area contributed by atoms with Gasteiger partial charge in [-0.05, 0) is 13.8 Å². The second-order valence-corrected chi connectivity index (χ2v) is 5.44. The minimum atomic E-state index is -0.255. The van der Waals surface area contributed by atoms with Gasteiger partial charge in [-0.3, -0.25) is 14.2 Å². The van der Waals surface area contributed by atoms with Crippen molar-refractivity contribution >= 4 is 29.1 Å². The van der Waals surface area contributed by atoms with E-state index in [9.17, 15) is 4.79 Å². The summed E-state index contributed by atoms with van der Waals surface area (Å²) in [5.74, 6) is -0.255. The second kappa shape index (κ2) is 6.49. The molecule has 0 atom stereocenters. The Balaban J connectivity index is 2.15. The van der Waals surface area contributed by atoms with Gasteiger partial charge in [0, 0.05) is 32.5 Å². The molecule has 0 saturated heterocycles. The Morgan fingerprint density at radius 1 is 1.14 bits per heavy atom. The molecule has 2 aromatic rings. The lowest BCUT2D eigenvalue weighted by molar-refractivity contribution is 0.0776. The van der Waals surface area contributed by atoms with Gasteiger partial charge >= 0.3 is 0 Å². The summed E-state index contributed by atoms with van der Waals surface area (Å²) in [5, 5.41) is 9.38. The first-order chi connectivity index (χ1) is 9.96. The Bertz CT molecular complexity index is 649. The summed E-state index contributed by atoms with van der Waals surface area (Å²) in [6.07, 6.45) is 3.38. The maximum absolute atomic E-state index is 12.4. The molecule has 6 nitrogen and oxygen atoms in total. The number of hydrogen-bond donors (Lipinski definition) is 0. The highest BCUT2D eigenvalue weighted by molar-refractivity contribution is 6.33. The summed E-state index contributed by atoms with van der Waals surface area (Å²) in [7, 11) is 1.67. The standard InChI is InChI=1S/C13H17Cl2N5O/c1-4-19-6-9(14)11(16-19)8-18(3)13(21)12-10(15)7-20(5-2)17-12/h6-7H,4-5,8H2,1-3H3. The maximum Gasteiger partial charge on any atom is 0.276 e. The van der Waals surface area contributed by atoms with Gasteiger partial charge < -0.3 is 4.90 Å². The zero-order chi connectivity index (χ0) is 15.6. The van der Waals surface area contributed by atoms with Gasteiger partial charge in [0.25, 0.3) is 5.91 Å². The fraction of sp³-hybridized carbons (Fsp3) is 0.462. The van der Waals surface area contributed by atoms with E-state index in [1.807, 2.05) is 13.8 Å². The molecule has 2 aromatic heterocycles. The summed E-state index contributed by atoms with van der Waals surface area (Å²) < 4.78 is 3.36. The van der Waals surface area contributed by atoms with Crippen LogP contribution in [0.15, 0.2) is 12.4 Å². The summed E-state index contributed by atoms with van der Waals surface area (Å²) in [5.41, 5.74) is 0.896. The number of rotatable bonds is 5. The van der Waals surface area contributed by atoms with Crippen LogP contribution in [0.5, 0.6) is 0 Å². The molecule has 0 saturated carbocycles. The lowest BCUT2D eigenvalue weighted by Gasteiger charge is -2.14. The molecule has 0 aliphatic carbocycles. The van der Waals surface area contributed by atoms with E-state index in [1.54, 1.807) is 28.8 Å². The average Bonchev–Trinajstić information content (AvgIpc) is 3.01. The Morgan fingerprint density at radius 3 is 2.24 bits per heavy atom. The summed E-state index contributed by atoms with van der Waals surface area (Å²) in [6.45, 7) is 5.59. The molecular formula is C13H17Cl2N5O. The predicted molar refractivity (Wildman–Crippen MR) is 81.6 cm³/mol. The Morgan fingerprint density at radius 2 is 1.71 bits per heavy atom. The van der Waals surface area contributed by atoms with Gasteiger partial charge in [0.05, 0.1) is 16.6 Å². The molecule has 0 N–H and O–H groups in total. The van der Waals surface area contributed by atoms with Gasteiger partial charge in [0.2, 0.25) is 0 Å². The van der Waals surface area contributed by atoms with E-state index in [4.69, 9.17) is 23.2 Å². The molecular weight excluding hydrogens is 313 g/mol. The van der Waals surface area contributed by atoms with E-state index >= 15 is 0 Å². The fourth-order valence-corrected chi connectivity index (χ4v) is 2.33. The van der Waals surface area contributed by atoms with Crippen LogP contribution in [0, 0.1) is 0 Å². The van der Waals surface area contributed by atoms with Crippen LogP contribution < -0.4 is 0 Å². The minimum Gasteiger partial charge on any atom is -0.334 e. The summed E-state index contributed by atoms with van der Waals surface area (Å²) in [4.78, 5) is 13.9. The van der Waals surface area contributed by atoms with Crippen molar-refractivity contribution in [3.05, 3.63) is 33.8 Å². The number of halogens is 2. The number of amides is 1. The van der Waals surface area contributed by atoms with Crippen LogP contribution in [0.2, 0.25) is 10.0 Å². The van der Waals surface area contributed by atoms with Crippen LogP contribution in [0.3, 0.4) is 0 Å². The molecule has 0 spiro atoms. The molecule has 2 rings (SSSR count). The topological polar surface area (TPSA) is 56.0 Å². The van der Waals surface area contributed by atoms with Crippen molar-refractivity contribution in [2.75, 3.05) is 7.05 Å². The molecule has 21 heavy (non-hydrogen) atoms. The molecule has 0 aliphatic rings. The third kappa shape index (κ3) is 3.39. The predicted octanol–water partition coefficient (Wildman–Crippen LogP) is 2.70. The van der Waals surface area contributed by atoms with E-state index < -0.39 is 0 Å². The Kier molecular flexibility index (Phi) is 4.90. The monoisotopic (exact) mass is 329 g/mol. The zero-order valence-corrected chi connectivity index (χ0v) is 13.7. The summed E-state index contributed by atoms with van der Waals surface area (Å²) >= 11 is 12.2. The molecule has 8 heteroatoms. The van der Waals surface area contributed by atoms with Crippen LogP contribution in [-0.4, -0.2) is 37.4 Å². The number of aryl methyl sites for hydroxylation is 2. The third-order valence-electron chi connectivity index (χ3n) is 3.09. The van der Waals surface area contributed by atoms with Crippen molar-refractivity contribution in [1.29, 1.82) is 0 Å². The number of nitrogens with zero attached hydrogens (tertiary/aromatic N) is 5. The maximum atomic E-state index is 12.4. The van der Waals surface area contributed by atoms with Crippen molar-refractivity contribution in [2.45, 2.75) is 33.5 Å². The molecule has 0 bridgehead atoms. The molecule has 0 radical (unpaired) electrons. The molecule has 1 amide bonds. The highest BCUT2D eigenvalue weighted by Crippen LogP contribution is 2.19. The number of carbonyl (C=O) groups excluding carboxylic acids is 1. The highest BCUT2D eigenvalue weighted by atomic mass is 35.5.